The summed E-state index contributed by atoms with van der Waals surface area (Å²) in [5, 5.41) is 0. The molecule has 0 unspecified atom stereocenters. The summed E-state index contributed by atoms with van der Waals surface area (Å²) in [7, 11) is 3.07. The quantitative estimate of drug-likeness (QED) is 0.761. The van der Waals surface area contributed by atoms with Crippen LogP contribution in [0.15, 0.2) is 29.3 Å². The Labute approximate surface area is 106 Å². The average Bonchev–Trinajstić information content (AvgIpc) is 3.05. The molecule has 0 N–H and O–H groups in total. The lowest BCUT2D eigenvalue weighted by Crippen LogP contribution is -2.27. The second-order valence-corrected chi connectivity index (χ2v) is 4.78. The molecular weight excluding hydrogens is 230 g/mol. The van der Waals surface area contributed by atoms with Gasteiger partial charge in [-0.05, 0) is 36.2 Å². The van der Waals surface area contributed by atoms with Crippen LogP contribution in [0.2, 0.25) is 0 Å². The Morgan fingerprint density at radius 1 is 1.33 bits per heavy atom. The number of ether oxygens (including phenoxy) is 2. The van der Waals surface area contributed by atoms with E-state index in [1.165, 1.54) is 7.11 Å². The van der Waals surface area contributed by atoms with Gasteiger partial charge >= 0.3 is 5.97 Å². The Morgan fingerprint density at radius 3 is 2.61 bits per heavy atom. The van der Waals surface area contributed by atoms with Gasteiger partial charge in [-0.15, -0.1) is 0 Å². The molecule has 1 aromatic rings. The maximum Gasteiger partial charge on any atom is 0.318 e. The number of aliphatic imine (C=N–C) groups is 1. The first kappa shape index (κ1) is 11.3. The highest BCUT2D eigenvalue weighted by Crippen LogP contribution is 2.59. The number of hydrogen-bond donors (Lipinski definition) is 0. The first-order chi connectivity index (χ1) is 8.72. The van der Waals surface area contributed by atoms with Gasteiger partial charge in [-0.2, -0.15) is 0 Å². The minimum atomic E-state index is -0.469. The van der Waals surface area contributed by atoms with Crippen molar-refractivity contribution in [1.82, 2.24) is 0 Å². The Bertz CT molecular complexity index is 520. The van der Waals surface area contributed by atoms with Crippen LogP contribution in [0.3, 0.4) is 0 Å². The lowest BCUT2D eigenvalue weighted by Gasteiger charge is -2.14. The van der Waals surface area contributed by atoms with Crippen molar-refractivity contribution in [2.24, 2.45) is 16.3 Å². The number of methoxy groups -OCH3 is 2. The summed E-state index contributed by atoms with van der Waals surface area (Å²) >= 11 is 0. The minimum absolute atomic E-state index is 0.153. The van der Waals surface area contributed by atoms with Gasteiger partial charge in [0.05, 0.1) is 19.9 Å². The molecule has 1 heterocycles. The lowest BCUT2D eigenvalue weighted by molar-refractivity contribution is -0.144. The fourth-order valence-electron chi connectivity index (χ4n) is 2.81. The van der Waals surface area contributed by atoms with Gasteiger partial charge in [0.15, 0.2) is 0 Å². The van der Waals surface area contributed by atoms with Crippen molar-refractivity contribution in [2.75, 3.05) is 20.8 Å². The van der Waals surface area contributed by atoms with Crippen LogP contribution >= 0.6 is 0 Å². The predicted molar refractivity (Wildman–Crippen MR) is 67.0 cm³/mol. The van der Waals surface area contributed by atoms with Gasteiger partial charge in [0, 0.05) is 12.5 Å². The van der Waals surface area contributed by atoms with E-state index in [-0.39, 0.29) is 5.97 Å². The molecule has 0 aromatic heterocycles. The van der Waals surface area contributed by atoms with Crippen LogP contribution in [0.1, 0.15) is 12.0 Å². The summed E-state index contributed by atoms with van der Waals surface area (Å²) in [4.78, 5) is 16.5. The number of carbonyl (C=O) groups excluding carboxylic acids is 1. The van der Waals surface area contributed by atoms with Gasteiger partial charge in [0.25, 0.3) is 0 Å². The summed E-state index contributed by atoms with van der Waals surface area (Å²) in [6.45, 7) is 0.733. The highest BCUT2D eigenvalue weighted by atomic mass is 16.5. The number of benzene rings is 1. The molecule has 0 spiro atoms. The van der Waals surface area contributed by atoms with Crippen molar-refractivity contribution >= 4 is 11.7 Å². The molecule has 1 aliphatic heterocycles. The predicted octanol–water partition coefficient (Wildman–Crippen LogP) is 1.68. The Hall–Kier alpha value is -1.84. The van der Waals surface area contributed by atoms with Crippen LogP contribution in [0.25, 0.3) is 0 Å². The van der Waals surface area contributed by atoms with E-state index in [0.717, 1.165) is 30.0 Å². The maximum absolute atomic E-state index is 12.0. The van der Waals surface area contributed by atoms with Crippen LogP contribution in [0.4, 0.5) is 0 Å². The largest absolute Gasteiger partial charge is 0.497 e. The standard InChI is InChI=1S/C14H15NO3/c1-17-11-5-3-9(4-6-11)12-14(13(16)18-2)7-10(14)8-15-12/h3-6,10H,7-8H2,1-2H3/t10-,14+/m1/s1. The highest BCUT2D eigenvalue weighted by Gasteiger charge is 2.67. The number of rotatable bonds is 3. The molecule has 1 saturated carbocycles. The second-order valence-electron chi connectivity index (χ2n) is 4.78. The van der Waals surface area contributed by atoms with Crippen LogP contribution in [0.5, 0.6) is 5.75 Å². The van der Waals surface area contributed by atoms with Gasteiger partial charge in [0.2, 0.25) is 0 Å². The first-order valence-corrected chi connectivity index (χ1v) is 6.00. The zero-order valence-electron chi connectivity index (χ0n) is 10.5. The van der Waals surface area contributed by atoms with Crippen molar-refractivity contribution in [3.05, 3.63) is 29.8 Å². The molecule has 1 fully saturated rings. The van der Waals surface area contributed by atoms with Crippen LogP contribution < -0.4 is 4.74 Å². The van der Waals surface area contributed by atoms with Crippen LogP contribution in [-0.2, 0) is 9.53 Å². The molecule has 1 aromatic carbocycles. The summed E-state index contributed by atoms with van der Waals surface area (Å²) in [5.74, 6) is 0.985. The smallest absolute Gasteiger partial charge is 0.318 e. The Morgan fingerprint density at radius 2 is 2.06 bits per heavy atom. The zero-order valence-corrected chi connectivity index (χ0v) is 10.5. The van der Waals surface area contributed by atoms with Gasteiger partial charge in [0.1, 0.15) is 11.2 Å². The number of carbonyl (C=O) groups is 1. The number of hydrogen-bond acceptors (Lipinski definition) is 4. The molecule has 1 aliphatic carbocycles. The number of esters is 1. The summed E-state index contributed by atoms with van der Waals surface area (Å²) < 4.78 is 10.1. The van der Waals surface area contributed by atoms with E-state index < -0.39 is 5.41 Å². The molecule has 18 heavy (non-hydrogen) atoms. The number of fused-ring (bicyclic) bond motifs is 1. The van der Waals surface area contributed by atoms with Crippen molar-refractivity contribution in [3.8, 4) is 5.75 Å². The molecule has 94 valence electrons. The molecule has 2 atom stereocenters. The fraction of sp³-hybridized carbons (Fsp3) is 0.429. The molecule has 4 nitrogen and oxygen atoms in total. The molecule has 0 bridgehead atoms. The lowest BCUT2D eigenvalue weighted by atomic mass is 9.93. The third kappa shape index (κ3) is 1.38. The molecule has 2 aliphatic rings. The first-order valence-electron chi connectivity index (χ1n) is 6.00. The Balaban J connectivity index is 1.94. The zero-order chi connectivity index (χ0) is 12.8. The fourth-order valence-corrected chi connectivity index (χ4v) is 2.81. The molecule has 0 saturated heterocycles. The van der Waals surface area contributed by atoms with E-state index in [1.54, 1.807) is 7.11 Å². The van der Waals surface area contributed by atoms with Gasteiger partial charge in [-0.1, -0.05) is 0 Å². The highest BCUT2D eigenvalue weighted by molar-refractivity contribution is 6.19. The van der Waals surface area contributed by atoms with Crippen molar-refractivity contribution < 1.29 is 14.3 Å². The maximum atomic E-state index is 12.0. The van der Waals surface area contributed by atoms with Crippen molar-refractivity contribution in [3.63, 3.8) is 0 Å². The van der Waals surface area contributed by atoms with Gasteiger partial charge < -0.3 is 9.47 Å². The van der Waals surface area contributed by atoms with E-state index in [1.807, 2.05) is 24.3 Å². The summed E-state index contributed by atoms with van der Waals surface area (Å²) in [5.41, 5.74) is 1.40. The van der Waals surface area contributed by atoms with Gasteiger partial charge in [-0.25, -0.2) is 0 Å². The SMILES string of the molecule is COC(=O)[C@@]12C[C@@H]1CN=C2c1ccc(OC)cc1. The van der Waals surface area contributed by atoms with E-state index in [2.05, 4.69) is 4.99 Å². The molecule has 0 radical (unpaired) electrons. The molecule has 4 heteroatoms. The third-order valence-electron chi connectivity index (χ3n) is 3.91. The Kier molecular flexibility index (Phi) is 2.40. The van der Waals surface area contributed by atoms with E-state index in [9.17, 15) is 4.79 Å². The van der Waals surface area contributed by atoms with E-state index in [0.29, 0.717) is 5.92 Å². The van der Waals surface area contributed by atoms with Gasteiger partial charge in [-0.3, -0.25) is 9.79 Å². The minimum Gasteiger partial charge on any atom is -0.497 e. The van der Waals surface area contributed by atoms with Crippen molar-refractivity contribution in [2.45, 2.75) is 6.42 Å². The molecule has 0 amide bonds. The van der Waals surface area contributed by atoms with E-state index >= 15 is 0 Å². The third-order valence-corrected chi connectivity index (χ3v) is 3.91. The summed E-state index contributed by atoms with van der Waals surface area (Å²) in [6.07, 6.45) is 0.866. The van der Waals surface area contributed by atoms with Crippen LogP contribution in [0, 0.1) is 11.3 Å². The van der Waals surface area contributed by atoms with Crippen molar-refractivity contribution in [1.29, 1.82) is 0 Å². The summed E-state index contributed by atoms with van der Waals surface area (Å²) in [6, 6.07) is 7.67. The van der Waals surface area contributed by atoms with Crippen LogP contribution in [-0.4, -0.2) is 32.4 Å². The average molecular weight is 245 g/mol. The normalized spacial score (nSPS) is 28.3. The monoisotopic (exact) mass is 245 g/mol. The molecule has 3 rings (SSSR count). The van der Waals surface area contributed by atoms with E-state index in [4.69, 9.17) is 9.47 Å². The topological polar surface area (TPSA) is 47.9 Å². The number of nitrogens with zero attached hydrogens (tertiary/aromatic N) is 1. The second kappa shape index (κ2) is 3.83. The molecular formula is C14H15NO3.